The zero-order chi connectivity index (χ0) is 11.4. The molecule has 15 heavy (non-hydrogen) atoms. The molecule has 1 atom stereocenters. The van der Waals surface area contributed by atoms with E-state index in [1.54, 1.807) is 0 Å². The lowest BCUT2D eigenvalue weighted by Crippen LogP contribution is -2.27. The Morgan fingerprint density at radius 1 is 1.53 bits per heavy atom. The van der Waals surface area contributed by atoms with Crippen LogP contribution in [0.4, 0.5) is 5.82 Å². The van der Waals surface area contributed by atoms with E-state index < -0.39 is 0 Å². The van der Waals surface area contributed by atoms with Crippen molar-refractivity contribution < 1.29 is 0 Å². The zero-order valence-electron chi connectivity index (χ0n) is 9.22. The van der Waals surface area contributed by atoms with Gasteiger partial charge >= 0.3 is 0 Å². The number of hydrogen-bond acceptors (Lipinski definition) is 2. The summed E-state index contributed by atoms with van der Waals surface area (Å²) in [6.07, 6.45) is 1.81. The van der Waals surface area contributed by atoms with Crippen LogP contribution in [0.5, 0.6) is 0 Å². The summed E-state index contributed by atoms with van der Waals surface area (Å²) in [5.41, 5.74) is 1.17. The molecule has 0 radical (unpaired) electrons. The summed E-state index contributed by atoms with van der Waals surface area (Å²) in [5, 5.41) is 3.33. The molecule has 0 aliphatic rings. The molecule has 1 heterocycles. The predicted octanol–water partition coefficient (Wildman–Crippen LogP) is 3.83. The summed E-state index contributed by atoms with van der Waals surface area (Å²) >= 11 is 9.31. The standard InChI is InChI=1S/C11H16BrClN2/c1-7(2)10(5-13)15-11-4-8(3)9(12)6-14-11/h4,6-7,10H,5H2,1-3H3,(H,14,15). The third-order valence-corrected chi connectivity index (χ3v) is 3.51. The van der Waals surface area contributed by atoms with E-state index in [0.29, 0.717) is 11.8 Å². The number of hydrogen-bond donors (Lipinski definition) is 1. The zero-order valence-corrected chi connectivity index (χ0v) is 11.6. The molecule has 0 bridgehead atoms. The summed E-state index contributed by atoms with van der Waals surface area (Å²) in [4.78, 5) is 4.29. The van der Waals surface area contributed by atoms with E-state index in [1.165, 1.54) is 5.56 Å². The van der Waals surface area contributed by atoms with Crippen LogP contribution >= 0.6 is 27.5 Å². The monoisotopic (exact) mass is 290 g/mol. The second-order valence-electron chi connectivity index (χ2n) is 3.97. The van der Waals surface area contributed by atoms with E-state index >= 15 is 0 Å². The molecule has 0 saturated carbocycles. The number of aryl methyl sites for hydroxylation is 1. The van der Waals surface area contributed by atoms with Crippen LogP contribution in [-0.4, -0.2) is 16.9 Å². The van der Waals surface area contributed by atoms with E-state index in [1.807, 2.05) is 19.2 Å². The molecule has 0 aliphatic heterocycles. The summed E-state index contributed by atoms with van der Waals surface area (Å²) < 4.78 is 1.03. The first-order valence-electron chi connectivity index (χ1n) is 4.99. The average molecular weight is 292 g/mol. The molecule has 1 aromatic rings. The molecule has 0 aliphatic carbocycles. The Kier molecular flexibility index (Phi) is 4.87. The summed E-state index contributed by atoms with van der Waals surface area (Å²) in [6, 6.07) is 2.28. The van der Waals surface area contributed by atoms with E-state index in [4.69, 9.17) is 11.6 Å². The maximum atomic E-state index is 5.88. The smallest absolute Gasteiger partial charge is 0.126 e. The molecule has 1 rings (SSSR count). The highest BCUT2D eigenvalue weighted by molar-refractivity contribution is 9.10. The van der Waals surface area contributed by atoms with E-state index in [9.17, 15) is 0 Å². The van der Waals surface area contributed by atoms with Gasteiger partial charge in [-0.15, -0.1) is 11.6 Å². The topological polar surface area (TPSA) is 24.9 Å². The fraction of sp³-hybridized carbons (Fsp3) is 0.545. The third kappa shape index (κ3) is 3.65. The van der Waals surface area contributed by atoms with Gasteiger partial charge in [-0.1, -0.05) is 13.8 Å². The van der Waals surface area contributed by atoms with Gasteiger partial charge in [0.15, 0.2) is 0 Å². The van der Waals surface area contributed by atoms with Crippen molar-refractivity contribution in [3.63, 3.8) is 0 Å². The van der Waals surface area contributed by atoms with Crippen LogP contribution in [0.1, 0.15) is 19.4 Å². The first-order chi connectivity index (χ1) is 7.04. The van der Waals surface area contributed by atoms with Crippen molar-refractivity contribution in [2.24, 2.45) is 5.92 Å². The lowest BCUT2D eigenvalue weighted by molar-refractivity contribution is 0.562. The van der Waals surface area contributed by atoms with Gasteiger partial charge in [-0.3, -0.25) is 0 Å². The lowest BCUT2D eigenvalue weighted by Gasteiger charge is -2.20. The number of rotatable bonds is 4. The largest absolute Gasteiger partial charge is 0.366 e. The van der Waals surface area contributed by atoms with Gasteiger partial charge in [0.05, 0.1) is 0 Å². The minimum absolute atomic E-state index is 0.264. The number of pyridine rings is 1. The normalized spacial score (nSPS) is 12.9. The van der Waals surface area contributed by atoms with Crippen molar-refractivity contribution in [2.45, 2.75) is 26.8 Å². The minimum atomic E-state index is 0.264. The van der Waals surface area contributed by atoms with E-state index in [-0.39, 0.29) is 6.04 Å². The van der Waals surface area contributed by atoms with Gasteiger partial charge in [-0.05, 0) is 40.4 Å². The molecule has 1 unspecified atom stereocenters. The molecule has 0 saturated heterocycles. The van der Waals surface area contributed by atoms with Crippen molar-refractivity contribution in [1.29, 1.82) is 0 Å². The number of anilines is 1. The highest BCUT2D eigenvalue weighted by Crippen LogP contribution is 2.19. The Morgan fingerprint density at radius 3 is 2.67 bits per heavy atom. The lowest BCUT2D eigenvalue weighted by atomic mass is 10.1. The van der Waals surface area contributed by atoms with Crippen molar-refractivity contribution in [1.82, 2.24) is 4.98 Å². The molecular formula is C11H16BrClN2. The highest BCUT2D eigenvalue weighted by Gasteiger charge is 2.12. The van der Waals surface area contributed by atoms with Crippen LogP contribution in [0, 0.1) is 12.8 Å². The molecule has 0 amide bonds. The number of nitrogens with zero attached hydrogens (tertiary/aromatic N) is 1. The first-order valence-corrected chi connectivity index (χ1v) is 6.32. The Morgan fingerprint density at radius 2 is 2.20 bits per heavy atom. The third-order valence-electron chi connectivity index (χ3n) is 2.35. The predicted molar refractivity (Wildman–Crippen MR) is 69.6 cm³/mol. The summed E-state index contributed by atoms with van der Waals surface area (Å²) in [7, 11) is 0. The molecule has 4 heteroatoms. The van der Waals surface area contributed by atoms with E-state index in [2.05, 4.69) is 40.1 Å². The van der Waals surface area contributed by atoms with Crippen molar-refractivity contribution in [2.75, 3.05) is 11.2 Å². The van der Waals surface area contributed by atoms with Gasteiger partial charge in [0.25, 0.3) is 0 Å². The summed E-state index contributed by atoms with van der Waals surface area (Å²) in [5.74, 6) is 1.97. The van der Waals surface area contributed by atoms with Crippen molar-refractivity contribution >= 4 is 33.3 Å². The molecule has 0 fully saturated rings. The first kappa shape index (κ1) is 12.8. The van der Waals surface area contributed by atoms with Gasteiger partial charge in [0, 0.05) is 22.6 Å². The fourth-order valence-electron chi connectivity index (χ4n) is 1.19. The Labute approximate surface area is 105 Å². The molecule has 1 N–H and O–H groups in total. The molecule has 1 aromatic heterocycles. The Hall–Kier alpha value is -0.280. The second kappa shape index (κ2) is 5.71. The van der Waals surface area contributed by atoms with Gasteiger partial charge in [-0.2, -0.15) is 0 Å². The SMILES string of the molecule is Cc1cc(NC(CCl)C(C)C)ncc1Br. The van der Waals surface area contributed by atoms with Crippen LogP contribution < -0.4 is 5.32 Å². The van der Waals surface area contributed by atoms with Crippen molar-refractivity contribution in [3.8, 4) is 0 Å². The van der Waals surface area contributed by atoms with Crippen LogP contribution in [-0.2, 0) is 0 Å². The molecule has 2 nitrogen and oxygen atoms in total. The molecule has 0 aromatic carbocycles. The number of nitrogens with one attached hydrogen (secondary N) is 1. The van der Waals surface area contributed by atoms with Gasteiger partial charge in [0.1, 0.15) is 5.82 Å². The maximum Gasteiger partial charge on any atom is 0.126 e. The van der Waals surface area contributed by atoms with Crippen LogP contribution in [0.2, 0.25) is 0 Å². The minimum Gasteiger partial charge on any atom is -0.366 e. The fourth-order valence-corrected chi connectivity index (χ4v) is 1.84. The van der Waals surface area contributed by atoms with Gasteiger partial charge in [0.2, 0.25) is 0 Å². The summed E-state index contributed by atoms with van der Waals surface area (Å²) in [6.45, 7) is 6.33. The number of aromatic nitrogens is 1. The molecule has 84 valence electrons. The van der Waals surface area contributed by atoms with E-state index in [0.717, 1.165) is 10.3 Å². The number of halogens is 2. The Bertz CT molecular complexity index is 328. The van der Waals surface area contributed by atoms with Crippen LogP contribution in [0.25, 0.3) is 0 Å². The highest BCUT2D eigenvalue weighted by atomic mass is 79.9. The molecular weight excluding hydrogens is 275 g/mol. The van der Waals surface area contributed by atoms with Gasteiger partial charge in [-0.25, -0.2) is 4.98 Å². The van der Waals surface area contributed by atoms with Gasteiger partial charge < -0.3 is 5.32 Å². The van der Waals surface area contributed by atoms with Crippen molar-refractivity contribution in [3.05, 3.63) is 22.3 Å². The number of alkyl halides is 1. The quantitative estimate of drug-likeness (QED) is 0.853. The molecule has 0 spiro atoms. The van der Waals surface area contributed by atoms with Crippen LogP contribution in [0.3, 0.4) is 0 Å². The average Bonchev–Trinajstić information content (AvgIpc) is 2.19. The Balaban J connectivity index is 2.75. The second-order valence-corrected chi connectivity index (χ2v) is 5.13. The van der Waals surface area contributed by atoms with Crippen LogP contribution in [0.15, 0.2) is 16.7 Å². The maximum absolute atomic E-state index is 5.88.